The van der Waals surface area contributed by atoms with Gasteiger partial charge in [-0.15, -0.1) is 0 Å². The quantitative estimate of drug-likeness (QED) is 0.807. The first-order valence-electron chi connectivity index (χ1n) is 6.86. The van der Waals surface area contributed by atoms with Crippen molar-refractivity contribution in [2.75, 3.05) is 11.9 Å². The maximum absolute atomic E-state index is 11.8. The molecule has 2 aromatic rings. The van der Waals surface area contributed by atoms with Crippen molar-refractivity contribution in [2.45, 2.75) is 19.4 Å². The van der Waals surface area contributed by atoms with Gasteiger partial charge in [-0.25, -0.2) is 4.79 Å². The normalized spacial score (nSPS) is 11.0. The van der Waals surface area contributed by atoms with Crippen LogP contribution in [0, 0.1) is 0 Å². The number of aliphatic hydroxyl groups is 1. The molecule has 4 heteroatoms. The third-order valence-corrected chi connectivity index (χ3v) is 3.10. The van der Waals surface area contributed by atoms with Crippen LogP contribution in [0.15, 0.2) is 54.6 Å². The molecule has 2 rings (SSSR count). The molecule has 0 bridgehead atoms. The van der Waals surface area contributed by atoms with Gasteiger partial charge in [0.05, 0.1) is 12.1 Å². The first-order valence-corrected chi connectivity index (χ1v) is 6.86. The van der Waals surface area contributed by atoms with Gasteiger partial charge < -0.3 is 15.7 Å². The molecule has 2 aromatic carbocycles. The summed E-state index contributed by atoms with van der Waals surface area (Å²) in [5.41, 5.74) is 2.29. The predicted octanol–water partition coefficient (Wildman–Crippen LogP) is 3.25. The molecule has 0 saturated heterocycles. The lowest BCUT2D eigenvalue weighted by Crippen LogP contribution is -2.48. The molecular weight excluding hydrogens is 264 g/mol. The van der Waals surface area contributed by atoms with Gasteiger partial charge in [-0.1, -0.05) is 42.5 Å². The fourth-order valence-electron chi connectivity index (χ4n) is 1.89. The maximum Gasteiger partial charge on any atom is 0.319 e. The van der Waals surface area contributed by atoms with Crippen LogP contribution < -0.4 is 10.6 Å². The Kier molecular flexibility index (Phi) is 4.60. The van der Waals surface area contributed by atoms with Gasteiger partial charge in [0.15, 0.2) is 0 Å². The zero-order valence-corrected chi connectivity index (χ0v) is 12.3. The van der Waals surface area contributed by atoms with Crippen molar-refractivity contribution in [3.63, 3.8) is 0 Å². The Balaban J connectivity index is 2.02. The van der Waals surface area contributed by atoms with Gasteiger partial charge in [-0.05, 0) is 37.1 Å². The molecule has 0 aromatic heterocycles. The van der Waals surface area contributed by atoms with Crippen LogP contribution in [0.2, 0.25) is 0 Å². The fraction of sp³-hybridized carbons (Fsp3) is 0.235. The largest absolute Gasteiger partial charge is 0.394 e. The average molecular weight is 284 g/mol. The number of benzene rings is 2. The van der Waals surface area contributed by atoms with E-state index in [0.717, 1.165) is 11.1 Å². The maximum atomic E-state index is 11.8. The van der Waals surface area contributed by atoms with E-state index < -0.39 is 5.54 Å². The molecular formula is C17H20N2O2. The topological polar surface area (TPSA) is 61.4 Å². The van der Waals surface area contributed by atoms with Gasteiger partial charge in [-0.2, -0.15) is 0 Å². The molecule has 0 heterocycles. The van der Waals surface area contributed by atoms with Crippen molar-refractivity contribution < 1.29 is 9.90 Å². The number of amides is 2. The molecule has 3 N–H and O–H groups in total. The van der Waals surface area contributed by atoms with E-state index in [1.165, 1.54) is 0 Å². The second-order valence-electron chi connectivity index (χ2n) is 5.56. The predicted molar refractivity (Wildman–Crippen MR) is 85.2 cm³/mol. The Morgan fingerprint density at radius 2 is 1.57 bits per heavy atom. The highest BCUT2D eigenvalue weighted by atomic mass is 16.3. The van der Waals surface area contributed by atoms with Crippen molar-refractivity contribution in [3.05, 3.63) is 54.6 Å². The molecule has 0 spiro atoms. The Hall–Kier alpha value is -2.33. The Bertz CT molecular complexity index is 592. The van der Waals surface area contributed by atoms with E-state index in [4.69, 9.17) is 5.11 Å². The molecule has 4 nitrogen and oxygen atoms in total. The summed E-state index contributed by atoms with van der Waals surface area (Å²) in [6.45, 7) is 3.39. The molecule has 0 unspecified atom stereocenters. The molecule has 0 fully saturated rings. The van der Waals surface area contributed by atoms with E-state index in [1.807, 2.05) is 54.6 Å². The monoisotopic (exact) mass is 284 g/mol. The summed E-state index contributed by atoms with van der Waals surface area (Å²) in [6, 6.07) is 17.3. The molecule has 110 valence electrons. The van der Waals surface area contributed by atoms with E-state index >= 15 is 0 Å². The molecule has 0 aliphatic rings. The zero-order chi connectivity index (χ0) is 15.3. The first kappa shape index (κ1) is 15.1. The van der Waals surface area contributed by atoms with Crippen molar-refractivity contribution in [1.82, 2.24) is 5.32 Å². The SMILES string of the molecule is CC(C)(CO)NC(=O)Nc1ccc(-c2ccccc2)cc1. The Labute approximate surface area is 124 Å². The van der Waals surface area contributed by atoms with Gasteiger partial charge in [0, 0.05) is 5.69 Å². The van der Waals surface area contributed by atoms with Gasteiger partial charge in [0.1, 0.15) is 0 Å². The lowest BCUT2D eigenvalue weighted by molar-refractivity contribution is 0.187. The average Bonchev–Trinajstić information content (AvgIpc) is 2.48. The van der Waals surface area contributed by atoms with Crippen LogP contribution in [0.5, 0.6) is 0 Å². The second-order valence-corrected chi connectivity index (χ2v) is 5.56. The second kappa shape index (κ2) is 6.41. The minimum atomic E-state index is -0.645. The van der Waals surface area contributed by atoms with Crippen molar-refractivity contribution in [2.24, 2.45) is 0 Å². The lowest BCUT2D eigenvalue weighted by atomic mass is 10.1. The molecule has 0 saturated carbocycles. The molecule has 0 radical (unpaired) electrons. The number of anilines is 1. The van der Waals surface area contributed by atoms with E-state index in [2.05, 4.69) is 10.6 Å². The highest BCUT2D eigenvalue weighted by Gasteiger charge is 2.18. The summed E-state index contributed by atoms with van der Waals surface area (Å²) >= 11 is 0. The minimum absolute atomic E-state index is 0.118. The summed E-state index contributed by atoms with van der Waals surface area (Å²) in [5, 5.41) is 14.6. The molecule has 2 amide bonds. The third-order valence-electron chi connectivity index (χ3n) is 3.10. The fourth-order valence-corrected chi connectivity index (χ4v) is 1.89. The number of aliphatic hydroxyl groups excluding tert-OH is 1. The van der Waals surface area contributed by atoms with E-state index in [-0.39, 0.29) is 12.6 Å². The van der Waals surface area contributed by atoms with Gasteiger partial charge in [-0.3, -0.25) is 0 Å². The van der Waals surface area contributed by atoms with E-state index in [0.29, 0.717) is 5.69 Å². The summed E-state index contributed by atoms with van der Waals surface area (Å²) < 4.78 is 0. The van der Waals surface area contributed by atoms with Gasteiger partial charge >= 0.3 is 6.03 Å². The molecule has 0 aliphatic heterocycles. The zero-order valence-electron chi connectivity index (χ0n) is 12.3. The molecule has 0 aliphatic carbocycles. The third kappa shape index (κ3) is 4.33. The van der Waals surface area contributed by atoms with Crippen LogP contribution in [0.3, 0.4) is 0 Å². The van der Waals surface area contributed by atoms with Crippen molar-refractivity contribution in [1.29, 1.82) is 0 Å². The van der Waals surface area contributed by atoms with Crippen LogP contribution in [-0.2, 0) is 0 Å². The number of nitrogens with one attached hydrogen (secondary N) is 2. The Morgan fingerprint density at radius 3 is 2.14 bits per heavy atom. The van der Waals surface area contributed by atoms with E-state index in [9.17, 15) is 4.79 Å². The van der Waals surface area contributed by atoms with Crippen molar-refractivity contribution >= 4 is 11.7 Å². The number of hydrogen-bond donors (Lipinski definition) is 3. The number of carbonyl (C=O) groups excluding carboxylic acids is 1. The van der Waals surface area contributed by atoms with Crippen LogP contribution in [0.25, 0.3) is 11.1 Å². The number of urea groups is 1. The first-order chi connectivity index (χ1) is 10.00. The van der Waals surface area contributed by atoms with Crippen LogP contribution >= 0.6 is 0 Å². The number of carbonyl (C=O) groups is 1. The van der Waals surface area contributed by atoms with Crippen molar-refractivity contribution in [3.8, 4) is 11.1 Å². The highest BCUT2D eigenvalue weighted by molar-refractivity contribution is 5.90. The number of hydrogen-bond acceptors (Lipinski definition) is 2. The van der Waals surface area contributed by atoms with Gasteiger partial charge in [0.2, 0.25) is 0 Å². The highest BCUT2D eigenvalue weighted by Crippen LogP contribution is 2.20. The summed E-state index contributed by atoms with van der Waals surface area (Å²) in [7, 11) is 0. The van der Waals surface area contributed by atoms with E-state index in [1.54, 1.807) is 13.8 Å². The van der Waals surface area contributed by atoms with Crippen LogP contribution in [-0.4, -0.2) is 23.3 Å². The van der Waals surface area contributed by atoms with Gasteiger partial charge in [0.25, 0.3) is 0 Å². The molecule has 0 atom stereocenters. The molecule has 21 heavy (non-hydrogen) atoms. The van der Waals surface area contributed by atoms with Crippen LogP contribution in [0.4, 0.5) is 10.5 Å². The minimum Gasteiger partial charge on any atom is -0.394 e. The summed E-state index contributed by atoms with van der Waals surface area (Å²) in [5.74, 6) is 0. The standard InChI is InChI=1S/C17H20N2O2/c1-17(2,12-20)19-16(21)18-15-10-8-14(9-11-15)13-6-4-3-5-7-13/h3-11,20H,12H2,1-2H3,(H2,18,19,21). The number of rotatable bonds is 4. The summed E-state index contributed by atoms with van der Waals surface area (Å²) in [4.78, 5) is 11.8. The summed E-state index contributed by atoms with van der Waals surface area (Å²) in [6.07, 6.45) is 0. The smallest absolute Gasteiger partial charge is 0.319 e. The van der Waals surface area contributed by atoms with Crippen LogP contribution in [0.1, 0.15) is 13.8 Å². The Morgan fingerprint density at radius 1 is 1.00 bits per heavy atom. The lowest BCUT2D eigenvalue weighted by Gasteiger charge is -2.23.